The van der Waals surface area contributed by atoms with Crippen molar-refractivity contribution in [2.45, 2.75) is 6.92 Å². The number of nitrogens with zero attached hydrogens (tertiary/aromatic N) is 3. The molecule has 3 heterocycles. The van der Waals surface area contributed by atoms with Crippen molar-refractivity contribution in [2.75, 3.05) is 0 Å². The van der Waals surface area contributed by atoms with Gasteiger partial charge < -0.3 is 4.42 Å². The van der Waals surface area contributed by atoms with E-state index < -0.39 is 0 Å². The van der Waals surface area contributed by atoms with Gasteiger partial charge >= 0.3 is 0 Å². The van der Waals surface area contributed by atoms with Crippen molar-refractivity contribution in [2.24, 2.45) is 14.1 Å². The molecule has 4 aromatic carbocycles. The van der Waals surface area contributed by atoms with Crippen LogP contribution in [0.1, 0.15) is 5.56 Å². The second kappa shape index (κ2) is 9.10. The van der Waals surface area contributed by atoms with E-state index in [1.807, 2.05) is 12.1 Å². The molecule has 188 valence electrons. The number of pyridine rings is 1. The summed E-state index contributed by atoms with van der Waals surface area (Å²) in [5, 5.41) is 2.20. The highest BCUT2D eigenvalue weighted by Gasteiger charge is 2.23. The van der Waals surface area contributed by atoms with Crippen molar-refractivity contribution in [1.82, 2.24) is 9.55 Å². The van der Waals surface area contributed by atoms with Crippen LogP contribution in [0.3, 0.4) is 0 Å². The Hall–Kier alpha value is -4.96. The minimum Gasteiger partial charge on any atom is -0.455 e. The highest BCUT2D eigenvalue weighted by molar-refractivity contribution is 6.10. The molecular weight excluding hydrogens is 478 g/mol. The lowest BCUT2D eigenvalue weighted by Gasteiger charge is -2.10. The average molecular weight is 507 g/mol. The second-order valence-electron chi connectivity index (χ2n) is 10.1. The monoisotopic (exact) mass is 506 g/mol. The van der Waals surface area contributed by atoms with Crippen LogP contribution in [0.15, 0.2) is 120 Å². The molecule has 7 rings (SSSR count). The first-order valence-corrected chi connectivity index (χ1v) is 13.2. The van der Waals surface area contributed by atoms with Crippen LogP contribution in [-0.4, -0.2) is 9.55 Å². The molecule has 3 aromatic heterocycles. The van der Waals surface area contributed by atoms with Gasteiger partial charge in [-0.05, 0) is 53.9 Å². The van der Waals surface area contributed by atoms with Gasteiger partial charge in [0.05, 0.1) is 25.5 Å². The molecule has 0 aliphatic rings. The largest absolute Gasteiger partial charge is 0.455 e. The molecule has 39 heavy (non-hydrogen) atoms. The highest BCUT2D eigenvalue weighted by atomic mass is 16.3. The van der Waals surface area contributed by atoms with E-state index in [1.165, 1.54) is 11.1 Å². The van der Waals surface area contributed by atoms with Gasteiger partial charge in [0.25, 0.3) is 5.82 Å². The van der Waals surface area contributed by atoms with Crippen molar-refractivity contribution < 1.29 is 8.98 Å². The van der Waals surface area contributed by atoms with Crippen molar-refractivity contribution in [1.29, 1.82) is 0 Å². The van der Waals surface area contributed by atoms with Crippen LogP contribution >= 0.6 is 0 Å². The number of hydrogen-bond donors (Lipinski definition) is 0. The quantitative estimate of drug-likeness (QED) is 0.226. The maximum atomic E-state index is 6.53. The summed E-state index contributed by atoms with van der Waals surface area (Å²) in [6, 6.07) is 36.0. The summed E-state index contributed by atoms with van der Waals surface area (Å²) in [7, 11) is 4.15. The third-order valence-electron chi connectivity index (χ3n) is 7.55. The van der Waals surface area contributed by atoms with E-state index in [2.05, 4.69) is 134 Å². The van der Waals surface area contributed by atoms with Gasteiger partial charge in [-0.25, -0.2) is 14.1 Å². The van der Waals surface area contributed by atoms with Crippen LogP contribution in [0.2, 0.25) is 0 Å². The van der Waals surface area contributed by atoms with Crippen molar-refractivity contribution in [3.8, 4) is 45.0 Å². The van der Waals surface area contributed by atoms with Crippen LogP contribution < -0.4 is 4.57 Å². The van der Waals surface area contributed by atoms with Crippen LogP contribution in [0, 0.1) is 6.92 Å². The third kappa shape index (κ3) is 3.93. The van der Waals surface area contributed by atoms with Gasteiger partial charge in [-0.1, -0.05) is 72.8 Å². The smallest absolute Gasteiger partial charge is 0.292 e. The van der Waals surface area contributed by atoms with Gasteiger partial charge in [0.1, 0.15) is 23.5 Å². The zero-order valence-corrected chi connectivity index (χ0v) is 22.2. The highest BCUT2D eigenvalue weighted by Crippen LogP contribution is 2.39. The van der Waals surface area contributed by atoms with Gasteiger partial charge in [-0.15, -0.1) is 0 Å². The normalized spacial score (nSPS) is 11.5. The molecular formula is C35H28N3O+. The number of hydrogen-bond acceptors (Lipinski definition) is 2. The number of benzene rings is 4. The van der Waals surface area contributed by atoms with Crippen LogP contribution in [0.25, 0.3) is 67.0 Å². The van der Waals surface area contributed by atoms with Gasteiger partial charge in [0.2, 0.25) is 0 Å². The molecule has 0 saturated heterocycles. The predicted molar refractivity (Wildman–Crippen MR) is 158 cm³/mol. The summed E-state index contributed by atoms with van der Waals surface area (Å²) in [4.78, 5) is 5.13. The van der Waals surface area contributed by atoms with E-state index in [9.17, 15) is 0 Å². The topological polar surface area (TPSA) is 34.8 Å². The molecule has 0 unspecified atom stereocenters. The zero-order valence-electron chi connectivity index (χ0n) is 22.2. The summed E-state index contributed by atoms with van der Waals surface area (Å²) in [6.45, 7) is 2.14. The summed E-state index contributed by atoms with van der Waals surface area (Å²) in [5.41, 5.74) is 10.5. The van der Waals surface area contributed by atoms with Gasteiger partial charge in [-0.3, -0.25) is 0 Å². The lowest BCUT2D eigenvalue weighted by molar-refractivity contribution is -0.659. The SMILES string of the molecule is Cc1ccc2c(oc3ccc(-c4cc(-c5ccccc5)cc(-c5ccccc5)n4)cc32)c1-c1n(C)cc[n+]1C. The average Bonchev–Trinajstić information content (AvgIpc) is 3.52. The number of aromatic nitrogens is 3. The first-order chi connectivity index (χ1) is 19.1. The molecule has 0 amide bonds. The van der Waals surface area contributed by atoms with Crippen molar-refractivity contribution >= 4 is 21.9 Å². The number of rotatable bonds is 4. The second-order valence-corrected chi connectivity index (χ2v) is 10.1. The summed E-state index contributed by atoms with van der Waals surface area (Å²) < 4.78 is 10.8. The maximum absolute atomic E-state index is 6.53. The fourth-order valence-corrected chi connectivity index (χ4v) is 5.55. The van der Waals surface area contributed by atoms with E-state index >= 15 is 0 Å². The fourth-order valence-electron chi connectivity index (χ4n) is 5.55. The number of furan rings is 1. The Balaban J connectivity index is 1.44. The Morgan fingerprint density at radius 2 is 1.38 bits per heavy atom. The van der Waals surface area contributed by atoms with E-state index in [0.717, 1.165) is 61.4 Å². The Morgan fingerprint density at radius 3 is 2.08 bits per heavy atom. The first-order valence-electron chi connectivity index (χ1n) is 13.2. The summed E-state index contributed by atoms with van der Waals surface area (Å²) in [6.07, 6.45) is 4.15. The molecule has 0 aliphatic carbocycles. The summed E-state index contributed by atoms with van der Waals surface area (Å²) in [5.74, 6) is 1.11. The van der Waals surface area contributed by atoms with E-state index in [4.69, 9.17) is 9.40 Å². The maximum Gasteiger partial charge on any atom is 0.292 e. The summed E-state index contributed by atoms with van der Waals surface area (Å²) >= 11 is 0. The Labute approximate surface area is 227 Å². The molecule has 0 atom stereocenters. The predicted octanol–water partition coefficient (Wildman–Crippen LogP) is 8.12. The minimum absolute atomic E-state index is 0.875. The Bertz CT molecular complexity index is 1900. The Kier molecular flexibility index (Phi) is 5.41. The van der Waals surface area contributed by atoms with Crippen molar-refractivity contribution in [3.05, 3.63) is 121 Å². The lowest BCUT2D eigenvalue weighted by Crippen LogP contribution is -2.29. The lowest BCUT2D eigenvalue weighted by atomic mass is 9.98. The van der Waals surface area contributed by atoms with Crippen molar-refractivity contribution in [3.63, 3.8) is 0 Å². The molecule has 0 spiro atoms. The Morgan fingerprint density at radius 1 is 0.692 bits per heavy atom. The molecule has 0 bridgehead atoms. The molecule has 4 heteroatoms. The molecule has 0 fully saturated rings. The van der Waals surface area contributed by atoms with Crippen LogP contribution in [-0.2, 0) is 14.1 Å². The molecule has 4 nitrogen and oxygen atoms in total. The van der Waals surface area contributed by atoms with Crippen LogP contribution in [0.5, 0.6) is 0 Å². The zero-order chi connectivity index (χ0) is 26.5. The first kappa shape index (κ1) is 23.2. The number of imidazole rings is 1. The molecule has 0 saturated carbocycles. The van der Waals surface area contributed by atoms with Gasteiger partial charge in [-0.2, -0.15) is 0 Å². The van der Waals surface area contributed by atoms with Gasteiger partial charge in [0, 0.05) is 21.9 Å². The number of fused-ring (bicyclic) bond motifs is 3. The van der Waals surface area contributed by atoms with E-state index in [-0.39, 0.29) is 0 Å². The minimum atomic E-state index is 0.875. The standard InChI is InChI=1S/C35H28N3O/c1-23-14-16-28-29-20-26(15-17-32(29)39-34(28)33(23)35-37(2)18-19-38(35)3)31-22-27(24-10-6-4-7-11-24)21-30(36-31)25-12-8-5-9-13-25/h4-22H,1-3H3/q+1. The molecule has 0 radical (unpaired) electrons. The molecule has 7 aromatic rings. The van der Waals surface area contributed by atoms with Crippen LogP contribution in [0.4, 0.5) is 0 Å². The molecule has 0 N–H and O–H groups in total. The number of aryl methyl sites for hydroxylation is 3. The molecule has 0 aliphatic heterocycles. The van der Waals surface area contributed by atoms with E-state index in [1.54, 1.807) is 0 Å². The van der Waals surface area contributed by atoms with Gasteiger partial charge in [0.15, 0.2) is 5.58 Å². The fraction of sp³-hybridized carbons (Fsp3) is 0.0857. The third-order valence-corrected chi connectivity index (χ3v) is 7.55. The van der Waals surface area contributed by atoms with E-state index in [0.29, 0.717) is 0 Å².